The Morgan fingerprint density at radius 2 is 1.92 bits per heavy atom. The summed E-state index contributed by atoms with van der Waals surface area (Å²) >= 11 is 0. The molecular weight excluding hydrogens is 300 g/mol. The molecule has 0 bridgehead atoms. The average Bonchev–Trinajstić information content (AvgIpc) is 3.15. The first kappa shape index (κ1) is 16.7. The minimum Gasteiger partial charge on any atom is -0.481 e. The summed E-state index contributed by atoms with van der Waals surface area (Å²) in [6.07, 6.45) is 1.33. The lowest BCUT2D eigenvalue weighted by molar-refractivity contribution is -0.151. The smallest absolute Gasteiger partial charge is 0.311 e. The summed E-state index contributed by atoms with van der Waals surface area (Å²) in [5.74, 6) is -0.718. The maximum Gasteiger partial charge on any atom is 0.311 e. The Balaban J connectivity index is 1.91. The van der Waals surface area contributed by atoms with Gasteiger partial charge in [-0.05, 0) is 48.5 Å². The molecule has 2 aromatic carbocycles. The molecule has 4 nitrogen and oxygen atoms in total. The molecular formula is C20H24N2O2. The van der Waals surface area contributed by atoms with E-state index in [1.807, 2.05) is 30.3 Å². The highest BCUT2D eigenvalue weighted by atomic mass is 16.4. The van der Waals surface area contributed by atoms with Crippen molar-refractivity contribution < 1.29 is 9.90 Å². The molecule has 2 atom stereocenters. The van der Waals surface area contributed by atoms with Crippen molar-refractivity contribution in [3.05, 3.63) is 60.2 Å². The second kappa shape index (κ2) is 7.16. The van der Waals surface area contributed by atoms with Gasteiger partial charge in [-0.15, -0.1) is 0 Å². The number of nitrogens with two attached hydrogens (primary N) is 1. The fraction of sp³-hybridized carbons (Fsp3) is 0.350. The van der Waals surface area contributed by atoms with Crippen molar-refractivity contribution in [1.29, 1.82) is 0 Å². The molecule has 0 radical (unpaired) electrons. The third-order valence-electron chi connectivity index (χ3n) is 5.19. The molecule has 24 heavy (non-hydrogen) atoms. The molecule has 1 aliphatic heterocycles. The minimum atomic E-state index is -0.904. The van der Waals surface area contributed by atoms with Gasteiger partial charge in [0.2, 0.25) is 0 Å². The number of hydrogen-bond donors (Lipinski definition) is 3. The molecule has 1 saturated heterocycles. The Kier molecular flexibility index (Phi) is 4.97. The van der Waals surface area contributed by atoms with Crippen molar-refractivity contribution in [3.63, 3.8) is 0 Å². The summed E-state index contributed by atoms with van der Waals surface area (Å²) in [5, 5.41) is 13.2. The molecule has 0 spiro atoms. The highest BCUT2D eigenvalue weighted by Crippen LogP contribution is 2.36. The van der Waals surface area contributed by atoms with Crippen molar-refractivity contribution in [3.8, 4) is 11.1 Å². The fourth-order valence-electron chi connectivity index (χ4n) is 3.70. The number of carbonyl (C=O) groups is 1. The van der Waals surface area contributed by atoms with Crippen molar-refractivity contribution in [1.82, 2.24) is 5.32 Å². The average molecular weight is 324 g/mol. The Labute approximate surface area is 142 Å². The highest BCUT2D eigenvalue weighted by Gasteiger charge is 2.45. The van der Waals surface area contributed by atoms with E-state index < -0.39 is 11.4 Å². The molecule has 0 aliphatic carbocycles. The Morgan fingerprint density at radius 3 is 2.54 bits per heavy atom. The fourth-order valence-corrected chi connectivity index (χ4v) is 3.70. The van der Waals surface area contributed by atoms with Crippen LogP contribution < -0.4 is 11.1 Å². The Morgan fingerprint density at radius 1 is 1.17 bits per heavy atom. The standard InChI is InChI=1S/C20H24N2O2/c21-14-20(19(23)24,18-9-10-22-13-18)12-15-5-4-8-17(11-15)16-6-2-1-3-7-16/h1-8,11,18,22H,9-10,12-14,21H2,(H,23,24)/t18-,20?/m0/s1. The van der Waals surface area contributed by atoms with E-state index in [1.165, 1.54) is 0 Å². The summed E-state index contributed by atoms with van der Waals surface area (Å²) in [4.78, 5) is 12.1. The molecule has 4 heteroatoms. The lowest BCUT2D eigenvalue weighted by atomic mass is 9.70. The maximum atomic E-state index is 12.1. The van der Waals surface area contributed by atoms with Gasteiger partial charge in [-0.2, -0.15) is 0 Å². The van der Waals surface area contributed by atoms with Crippen LogP contribution in [0, 0.1) is 11.3 Å². The number of carboxylic acids is 1. The topological polar surface area (TPSA) is 75.4 Å². The van der Waals surface area contributed by atoms with Crippen LogP contribution in [-0.2, 0) is 11.2 Å². The van der Waals surface area contributed by atoms with Gasteiger partial charge in [0, 0.05) is 6.54 Å². The third kappa shape index (κ3) is 3.21. The quantitative estimate of drug-likeness (QED) is 0.763. The van der Waals surface area contributed by atoms with E-state index in [4.69, 9.17) is 5.73 Å². The van der Waals surface area contributed by atoms with Gasteiger partial charge < -0.3 is 16.2 Å². The number of carboxylic acid groups (broad SMARTS) is 1. The van der Waals surface area contributed by atoms with Gasteiger partial charge in [0.15, 0.2) is 0 Å². The lowest BCUT2D eigenvalue weighted by Gasteiger charge is -2.34. The molecule has 1 aliphatic rings. The second-order valence-electron chi connectivity index (χ2n) is 6.60. The van der Waals surface area contributed by atoms with E-state index in [2.05, 4.69) is 29.6 Å². The normalized spacial score (nSPS) is 19.8. The van der Waals surface area contributed by atoms with E-state index in [0.29, 0.717) is 6.42 Å². The van der Waals surface area contributed by atoms with Gasteiger partial charge in [-0.1, -0.05) is 54.6 Å². The van der Waals surface area contributed by atoms with Gasteiger partial charge in [0.05, 0.1) is 5.41 Å². The van der Waals surface area contributed by atoms with Crippen LogP contribution in [0.1, 0.15) is 12.0 Å². The first-order valence-corrected chi connectivity index (χ1v) is 8.44. The van der Waals surface area contributed by atoms with Crippen LogP contribution in [0.15, 0.2) is 54.6 Å². The molecule has 2 aromatic rings. The van der Waals surface area contributed by atoms with Crippen LogP contribution in [0.4, 0.5) is 0 Å². The third-order valence-corrected chi connectivity index (χ3v) is 5.19. The van der Waals surface area contributed by atoms with Gasteiger partial charge in [-0.3, -0.25) is 4.79 Å². The zero-order chi connectivity index (χ0) is 17.0. The van der Waals surface area contributed by atoms with Gasteiger partial charge in [-0.25, -0.2) is 0 Å². The lowest BCUT2D eigenvalue weighted by Crippen LogP contribution is -2.47. The minimum absolute atomic E-state index is 0.0698. The van der Waals surface area contributed by atoms with E-state index in [9.17, 15) is 9.90 Å². The summed E-state index contributed by atoms with van der Waals surface area (Å²) in [6, 6.07) is 18.3. The molecule has 1 heterocycles. The summed E-state index contributed by atoms with van der Waals surface area (Å²) < 4.78 is 0. The molecule has 0 aromatic heterocycles. The van der Waals surface area contributed by atoms with Crippen molar-refractivity contribution in [2.45, 2.75) is 12.8 Å². The predicted molar refractivity (Wildman–Crippen MR) is 95.7 cm³/mol. The van der Waals surface area contributed by atoms with E-state index in [1.54, 1.807) is 0 Å². The summed E-state index contributed by atoms with van der Waals surface area (Å²) in [5.41, 5.74) is 8.34. The monoisotopic (exact) mass is 324 g/mol. The highest BCUT2D eigenvalue weighted by molar-refractivity contribution is 5.76. The van der Waals surface area contributed by atoms with Crippen LogP contribution in [-0.4, -0.2) is 30.7 Å². The van der Waals surface area contributed by atoms with Crippen molar-refractivity contribution in [2.75, 3.05) is 19.6 Å². The number of hydrogen-bond acceptors (Lipinski definition) is 3. The molecule has 0 amide bonds. The van der Waals surface area contributed by atoms with Crippen molar-refractivity contribution in [2.24, 2.45) is 17.1 Å². The Hall–Kier alpha value is -2.17. The zero-order valence-corrected chi connectivity index (χ0v) is 13.7. The van der Waals surface area contributed by atoms with E-state index in [-0.39, 0.29) is 12.5 Å². The van der Waals surface area contributed by atoms with Crippen LogP contribution in [0.2, 0.25) is 0 Å². The van der Waals surface area contributed by atoms with Crippen LogP contribution in [0.3, 0.4) is 0 Å². The number of benzene rings is 2. The SMILES string of the molecule is NCC(Cc1cccc(-c2ccccc2)c1)(C(=O)O)[C@H]1CCNC1. The molecule has 126 valence electrons. The number of nitrogens with one attached hydrogen (secondary N) is 1. The van der Waals surface area contributed by atoms with Gasteiger partial charge >= 0.3 is 5.97 Å². The van der Waals surface area contributed by atoms with Crippen LogP contribution in [0.5, 0.6) is 0 Å². The molecule has 1 unspecified atom stereocenters. The first-order valence-electron chi connectivity index (χ1n) is 8.44. The molecule has 4 N–H and O–H groups in total. The zero-order valence-electron chi connectivity index (χ0n) is 13.7. The second-order valence-corrected chi connectivity index (χ2v) is 6.60. The largest absolute Gasteiger partial charge is 0.481 e. The number of rotatable bonds is 6. The van der Waals surface area contributed by atoms with Crippen LogP contribution in [0.25, 0.3) is 11.1 Å². The maximum absolute atomic E-state index is 12.1. The first-order chi connectivity index (χ1) is 11.7. The molecule has 1 fully saturated rings. The van der Waals surface area contributed by atoms with Gasteiger partial charge in [0.1, 0.15) is 0 Å². The molecule has 3 rings (SSSR count). The Bertz CT molecular complexity index is 696. The van der Waals surface area contributed by atoms with Crippen molar-refractivity contribution >= 4 is 5.97 Å². The summed E-state index contributed by atoms with van der Waals surface area (Å²) in [7, 11) is 0. The molecule has 0 saturated carbocycles. The predicted octanol–water partition coefficient (Wildman–Crippen LogP) is 2.54. The van der Waals surface area contributed by atoms with Gasteiger partial charge in [0.25, 0.3) is 0 Å². The van der Waals surface area contributed by atoms with E-state index >= 15 is 0 Å². The van der Waals surface area contributed by atoms with E-state index in [0.717, 1.165) is 36.2 Å². The summed E-state index contributed by atoms with van der Waals surface area (Å²) in [6.45, 7) is 1.75. The number of aliphatic carboxylic acids is 1. The van der Waals surface area contributed by atoms with Crippen LogP contribution >= 0.6 is 0 Å².